The first-order chi connectivity index (χ1) is 10.1. The molecule has 4 heteroatoms. The van der Waals surface area contributed by atoms with Crippen LogP contribution in [0.1, 0.15) is 21.5 Å². The summed E-state index contributed by atoms with van der Waals surface area (Å²) in [4.78, 5) is 25.2. The van der Waals surface area contributed by atoms with Crippen LogP contribution in [0.4, 0.5) is 0 Å². The first-order valence-electron chi connectivity index (χ1n) is 6.74. The van der Waals surface area contributed by atoms with Crippen LogP contribution in [0.15, 0.2) is 54.6 Å². The molecule has 0 fully saturated rings. The van der Waals surface area contributed by atoms with Gasteiger partial charge in [-0.3, -0.25) is 9.59 Å². The Hall–Kier alpha value is -2.62. The minimum Gasteiger partial charge on any atom is -0.368 e. The molecule has 0 unspecified atom stereocenters. The number of primary amides is 1. The fraction of sp³-hybridized carbons (Fsp3) is 0.176. The summed E-state index contributed by atoms with van der Waals surface area (Å²) >= 11 is 0. The van der Waals surface area contributed by atoms with Crippen molar-refractivity contribution in [3.05, 3.63) is 71.3 Å². The second kappa shape index (κ2) is 6.70. The Kier molecular flexibility index (Phi) is 4.72. The van der Waals surface area contributed by atoms with Crippen molar-refractivity contribution < 1.29 is 9.59 Å². The lowest BCUT2D eigenvalue weighted by atomic mass is 10.1. The first kappa shape index (κ1) is 14.8. The number of benzene rings is 2. The third kappa shape index (κ3) is 4.18. The summed E-state index contributed by atoms with van der Waals surface area (Å²) in [5.41, 5.74) is 7.89. The van der Waals surface area contributed by atoms with Crippen molar-refractivity contribution in [2.75, 3.05) is 6.54 Å². The van der Waals surface area contributed by atoms with Gasteiger partial charge in [0, 0.05) is 12.1 Å². The van der Waals surface area contributed by atoms with Crippen molar-refractivity contribution in [2.45, 2.75) is 13.5 Å². The van der Waals surface area contributed by atoms with Crippen molar-refractivity contribution in [3.8, 4) is 0 Å². The molecule has 0 spiro atoms. The highest BCUT2D eigenvalue weighted by Crippen LogP contribution is 2.11. The third-order valence-corrected chi connectivity index (χ3v) is 3.11. The van der Waals surface area contributed by atoms with E-state index in [4.69, 9.17) is 5.73 Å². The number of nitrogens with two attached hydrogens (primary N) is 1. The molecule has 2 aromatic carbocycles. The molecule has 0 radical (unpaired) electrons. The zero-order chi connectivity index (χ0) is 15.2. The second-order valence-electron chi connectivity index (χ2n) is 4.98. The smallest absolute Gasteiger partial charge is 0.254 e. The maximum atomic E-state index is 12.5. The van der Waals surface area contributed by atoms with Gasteiger partial charge in [-0.1, -0.05) is 48.0 Å². The van der Waals surface area contributed by atoms with E-state index in [-0.39, 0.29) is 12.5 Å². The molecule has 0 saturated carbocycles. The monoisotopic (exact) mass is 282 g/mol. The minimum atomic E-state index is -0.521. The van der Waals surface area contributed by atoms with Gasteiger partial charge in [0.1, 0.15) is 0 Å². The summed E-state index contributed by atoms with van der Waals surface area (Å²) in [5, 5.41) is 0. The van der Waals surface area contributed by atoms with Crippen molar-refractivity contribution in [1.29, 1.82) is 0 Å². The molecule has 0 atom stereocenters. The van der Waals surface area contributed by atoms with Crippen LogP contribution in [-0.4, -0.2) is 23.3 Å². The molecule has 2 aromatic rings. The van der Waals surface area contributed by atoms with Gasteiger partial charge in [0.05, 0.1) is 6.54 Å². The number of nitrogens with zero attached hydrogens (tertiary/aromatic N) is 1. The fourth-order valence-corrected chi connectivity index (χ4v) is 2.18. The Balaban J connectivity index is 2.22. The van der Waals surface area contributed by atoms with Gasteiger partial charge in [-0.2, -0.15) is 0 Å². The molecule has 4 nitrogen and oxygen atoms in total. The van der Waals surface area contributed by atoms with Crippen LogP contribution in [0.3, 0.4) is 0 Å². The van der Waals surface area contributed by atoms with E-state index in [0.717, 1.165) is 11.1 Å². The SMILES string of the molecule is Cc1cccc(CN(CC(N)=O)C(=O)c2ccccc2)c1. The molecule has 0 aromatic heterocycles. The van der Waals surface area contributed by atoms with Crippen LogP contribution in [0.2, 0.25) is 0 Å². The van der Waals surface area contributed by atoms with E-state index in [9.17, 15) is 9.59 Å². The highest BCUT2D eigenvalue weighted by molar-refractivity contribution is 5.96. The Morgan fingerprint density at radius 3 is 2.38 bits per heavy atom. The Morgan fingerprint density at radius 2 is 1.76 bits per heavy atom. The highest BCUT2D eigenvalue weighted by atomic mass is 16.2. The maximum absolute atomic E-state index is 12.5. The lowest BCUT2D eigenvalue weighted by Crippen LogP contribution is -2.38. The topological polar surface area (TPSA) is 63.4 Å². The lowest BCUT2D eigenvalue weighted by molar-refractivity contribution is -0.118. The third-order valence-electron chi connectivity index (χ3n) is 3.11. The van der Waals surface area contributed by atoms with Gasteiger partial charge < -0.3 is 10.6 Å². The quantitative estimate of drug-likeness (QED) is 0.913. The summed E-state index contributed by atoms with van der Waals surface area (Å²) in [5.74, 6) is -0.720. The number of amides is 2. The number of carbonyl (C=O) groups excluding carboxylic acids is 2. The van der Waals surface area contributed by atoms with Crippen LogP contribution in [0.25, 0.3) is 0 Å². The lowest BCUT2D eigenvalue weighted by Gasteiger charge is -2.21. The second-order valence-corrected chi connectivity index (χ2v) is 4.98. The van der Waals surface area contributed by atoms with Crippen LogP contribution >= 0.6 is 0 Å². The number of rotatable bonds is 5. The number of hydrogen-bond acceptors (Lipinski definition) is 2. The van der Waals surface area contributed by atoms with E-state index in [1.165, 1.54) is 4.90 Å². The standard InChI is InChI=1S/C17H18N2O2/c1-13-6-5-7-14(10-13)11-19(12-16(18)20)17(21)15-8-3-2-4-9-15/h2-10H,11-12H2,1H3,(H2,18,20). The van der Waals surface area contributed by atoms with Gasteiger partial charge >= 0.3 is 0 Å². The van der Waals surface area contributed by atoms with Crippen LogP contribution in [0.5, 0.6) is 0 Å². The molecule has 0 saturated heterocycles. The largest absolute Gasteiger partial charge is 0.368 e. The number of aryl methyl sites for hydroxylation is 1. The zero-order valence-corrected chi connectivity index (χ0v) is 12.0. The van der Waals surface area contributed by atoms with Crippen LogP contribution in [0, 0.1) is 6.92 Å². The van der Waals surface area contributed by atoms with Gasteiger partial charge in [0.15, 0.2) is 0 Å². The average Bonchev–Trinajstić information content (AvgIpc) is 2.46. The van der Waals surface area contributed by atoms with Crippen molar-refractivity contribution in [2.24, 2.45) is 5.73 Å². The molecule has 2 rings (SSSR count). The van der Waals surface area contributed by atoms with Gasteiger partial charge in [-0.15, -0.1) is 0 Å². The summed E-state index contributed by atoms with van der Waals surface area (Å²) in [6.45, 7) is 2.25. The molecule has 0 heterocycles. The van der Waals surface area contributed by atoms with Crippen LogP contribution in [-0.2, 0) is 11.3 Å². The van der Waals surface area contributed by atoms with Crippen molar-refractivity contribution >= 4 is 11.8 Å². The highest BCUT2D eigenvalue weighted by Gasteiger charge is 2.17. The van der Waals surface area contributed by atoms with E-state index >= 15 is 0 Å². The molecule has 0 aliphatic heterocycles. The molecule has 2 N–H and O–H groups in total. The predicted octanol–water partition coefficient (Wildman–Crippen LogP) is 2.12. The van der Waals surface area contributed by atoms with Gasteiger partial charge in [0.2, 0.25) is 5.91 Å². The summed E-state index contributed by atoms with van der Waals surface area (Å²) in [6.07, 6.45) is 0. The molecule has 0 aliphatic carbocycles. The summed E-state index contributed by atoms with van der Waals surface area (Å²) in [7, 11) is 0. The first-order valence-corrected chi connectivity index (χ1v) is 6.74. The molecule has 2 amide bonds. The van der Waals surface area contributed by atoms with Crippen molar-refractivity contribution in [3.63, 3.8) is 0 Å². The molecule has 0 bridgehead atoms. The van der Waals surface area contributed by atoms with E-state index in [1.807, 2.05) is 37.3 Å². The Labute approximate surface area is 124 Å². The molecule has 21 heavy (non-hydrogen) atoms. The van der Waals surface area contributed by atoms with Crippen molar-refractivity contribution in [1.82, 2.24) is 4.90 Å². The minimum absolute atomic E-state index is 0.0956. The normalized spacial score (nSPS) is 10.1. The number of hydrogen-bond donors (Lipinski definition) is 1. The number of carbonyl (C=O) groups is 2. The van der Waals surface area contributed by atoms with E-state index < -0.39 is 5.91 Å². The van der Waals surface area contributed by atoms with E-state index in [1.54, 1.807) is 24.3 Å². The maximum Gasteiger partial charge on any atom is 0.254 e. The molecular formula is C17H18N2O2. The van der Waals surface area contributed by atoms with Crippen LogP contribution < -0.4 is 5.73 Å². The Morgan fingerprint density at radius 1 is 1.05 bits per heavy atom. The van der Waals surface area contributed by atoms with Gasteiger partial charge in [-0.25, -0.2) is 0 Å². The molecule has 0 aliphatic rings. The predicted molar refractivity (Wildman–Crippen MR) is 81.6 cm³/mol. The van der Waals surface area contributed by atoms with E-state index in [0.29, 0.717) is 12.1 Å². The Bertz CT molecular complexity index is 638. The zero-order valence-electron chi connectivity index (χ0n) is 12.0. The average molecular weight is 282 g/mol. The molecule has 108 valence electrons. The molecular weight excluding hydrogens is 264 g/mol. The van der Waals surface area contributed by atoms with Gasteiger partial charge in [-0.05, 0) is 24.6 Å². The summed E-state index contributed by atoms with van der Waals surface area (Å²) < 4.78 is 0. The van der Waals surface area contributed by atoms with Gasteiger partial charge in [0.25, 0.3) is 5.91 Å². The fourth-order valence-electron chi connectivity index (χ4n) is 2.18. The van der Waals surface area contributed by atoms with E-state index in [2.05, 4.69) is 0 Å². The summed E-state index contributed by atoms with van der Waals surface area (Å²) in [6, 6.07) is 16.7.